The Hall–Kier alpha value is -2.28. The van der Waals surface area contributed by atoms with Gasteiger partial charge in [-0.25, -0.2) is 4.99 Å². The van der Waals surface area contributed by atoms with Crippen LogP contribution in [0.5, 0.6) is 5.75 Å². The molecule has 1 heterocycles. The van der Waals surface area contributed by atoms with E-state index in [-0.39, 0.29) is 12.5 Å². The van der Waals surface area contributed by atoms with Gasteiger partial charge in [-0.15, -0.1) is 0 Å². The highest BCUT2D eigenvalue weighted by molar-refractivity contribution is 5.83. The molecule has 1 saturated heterocycles. The van der Waals surface area contributed by atoms with Crippen LogP contribution in [0.4, 0.5) is 0 Å². The van der Waals surface area contributed by atoms with E-state index in [0.29, 0.717) is 18.5 Å². The summed E-state index contributed by atoms with van der Waals surface area (Å²) in [6.45, 7) is 5.63. The summed E-state index contributed by atoms with van der Waals surface area (Å²) < 4.78 is 5.10. The molecule has 0 spiro atoms. The third-order valence-corrected chi connectivity index (χ3v) is 4.47. The lowest BCUT2D eigenvalue weighted by Crippen LogP contribution is -2.43. The molecular formula is C18H29N5O2. The molecule has 1 aromatic carbocycles. The Labute approximate surface area is 149 Å². The number of guanidine groups is 1. The molecule has 4 N–H and O–H groups in total. The van der Waals surface area contributed by atoms with Gasteiger partial charge in [-0.3, -0.25) is 9.69 Å². The van der Waals surface area contributed by atoms with E-state index < -0.39 is 0 Å². The van der Waals surface area contributed by atoms with E-state index >= 15 is 0 Å². The molecule has 1 aromatic rings. The highest BCUT2D eigenvalue weighted by Gasteiger charge is 2.22. The van der Waals surface area contributed by atoms with Crippen LogP contribution in [0.25, 0.3) is 0 Å². The fourth-order valence-electron chi connectivity index (χ4n) is 2.98. The highest BCUT2D eigenvalue weighted by Crippen LogP contribution is 2.15. The number of nitrogens with zero attached hydrogens (tertiary/aromatic N) is 2. The van der Waals surface area contributed by atoms with Crippen LogP contribution in [0.3, 0.4) is 0 Å². The molecule has 0 saturated carbocycles. The van der Waals surface area contributed by atoms with Crippen LogP contribution in [0.2, 0.25) is 0 Å². The van der Waals surface area contributed by atoms with Crippen molar-refractivity contribution in [3.8, 4) is 5.75 Å². The third kappa shape index (κ3) is 6.26. The maximum Gasteiger partial charge on any atom is 0.242 e. The molecule has 138 valence electrons. The first-order valence-corrected chi connectivity index (χ1v) is 8.79. The van der Waals surface area contributed by atoms with Gasteiger partial charge in [0.15, 0.2) is 5.96 Å². The summed E-state index contributed by atoms with van der Waals surface area (Å²) in [7, 11) is 1.62. The molecule has 0 aliphatic carbocycles. The second kappa shape index (κ2) is 9.88. The second-order valence-corrected chi connectivity index (χ2v) is 6.13. The molecule has 25 heavy (non-hydrogen) atoms. The summed E-state index contributed by atoms with van der Waals surface area (Å²) in [5.41, 5.74) is 6.86. The molecule has 1 fully saturated rings. The quantitative estimate of drug-likeness (QED) is 0.476. The van der Waals surface area contributed by atoms with E-state index in [9.17, 15) is 4.79 Å². The molecule has 7 heteroatoms. The number of hydrogen-bond donors (Lipinski definition) is 3. The number of carbonyl (C=O) groups excluding carboxylic acids is 1. The zero-order valence-corrected chi connectivity index (χ0v) is 15.1. The van der Waals surface area contributed by atoms with Crippen molar-refractivity contribution in [2.24, 2.45) is 10.7 Å². The SMILES string of the molecule is CCN1CCCC1CNC(N)=NCC(=O)NCc1ccc(OC)cc1. The van der Waals surface area contributed by atoms with Crippen molar-refractivity contribution in [3.05, 3.63) is 29.8 Å². The third-order valence-electron chi connectivity index (χ3n) is 4.47. The Kier molecular flexibility index (Phi) is 7.53. The minimum Gasteiger partial charge on any atom is -0.497 e. The Morgan fingerprint density at radius 1 is 1.36 bits per heavy atom. The largest absolute Gasteiger partial charge is 0.497 e. The van der Waals surface area contributed by atoms with Gasteiger partial charge < -0.3 is 21.1 Å². The van der Waals surface area contributed by atoms with Gasteiger partial charge in [0.25, 0.3) is 0 Å². The number of amides is 1. The highest BCUT2D eigenvalue weighted by atomic mass is 16.5. The average Bonchev–Trinajstić information content (AvgIpc) is 3.11. The fraction of sp³-hybridized carbons (Fsp3) is 0.556. The number of likely N-dealkylation sites (tertiary alicyclic amines) is 1. The van der Waals surface area contributed by atoms with Gasteiger partial charge in [0, 0.05) is 19.1 Å². The lowest BCUT2D eigenvalue weighted by Gasteiger charge is -2.23. The molecule has 0 bridgehead atoms. The van der Waals surface area contributed by atoms with Crippen molar-refractivity contribution in [1.82, 2.24) is 15.5 Å². The van der Waals surface area contributed by atoms with Gasteiger partial charge in [0.05, 0.1) is 7.11 Å². The zero-order chi connectivity index (χ0) is 18.1. The minimum absolute atomic E-state index is 0.0249. The number of ether oxygens (including phenoxy) is 1. The van der Waals surface area contributed by atoms with Gasteiger partial charge in [-0.2, -0.15) is 0 Å². The summed E-state index contributed by atoms with van der Waals surface area (Å²) in [6, 6.07) is 8.07. The van der Waals surface area contributed by atoms with Crippen LogP contribution in [0.1, 0.15) is 25.3 Å². The van der Waals surface area contributed by atoms with Crippen molar-refractivity contribution < 1.29 is 9.53 Å². The summed E-state index contributed by atoms with van der Waals surface area (Å²) in [5.74, 6) is 0.960. The maximum atomic E-state index is 11.9. The number of hydrogen-bond acceptors (Lipinski definition) is 4. The van der Waals surface area contributed by atoms with E-state index in [0.717, 1.165) is 30.9 Å². The molecule has 1 atom stereocenters. The standard InChI is InChI=1S/C18H29N5O2/c1-3-23-10-4-5-15(23)12-21-18(19)22-13-17(24)20-11-14-6-8-16(25-2)9-7-14/h6-9,15H,3-5,10-13H2,1-2H3,(H,20,24)(H3,19,21,22). The molecule has 1 aliphatic heterocycles. The van der Waals surface area contributed by atoms with Crippen molar-refractivity contribution in [3.63, 3.8) is 0 Å². The van der Waals surface area contributed by atoms with Crippen molar-refractivity contribution >= 4 is 11.9 Å². The van der Waals surface area contributed by atoms with Crippen molar-refractivity contribution in [1.29, 1.82) is 0 Å². The number of methoxy groups -OCH3 is 1. The number of rotatable bonds is 8. The molecule has 1 aliphatic rings. The Morgan fingerprint density at radius 2 is 2.12 bits per heavy atom. The lowest BCUT2D eigenvalue weighted by molar-refractivity contribution is -0.119. The van der Waals surface area contributed by atoms with E-state index in [1.165, 1.54) is 12.8 Å². The monoisotopic (exact) mass is 347 g/mol. The van der Waals surface area contributed by atoms with Crippen LogP contribution >= 0.6 is 0 Å². The number of nitrogens with one attached hydrogen (secondary N) is 2. The number of carbonyl (C=O) groups is 1. The average molecular weight is 347 g/mol. The topological polar surface area (TPSA) is 92.0 Å². The van der Waals surface area contributed by atoms with Crippen molar-refractivity contribution in [2.45, 2.75) is 32.4 Å². The van der Waals surface area contributed by atoms with Gasteiger partial charge in [-0.05, 0) is 43.6 Å². The Balaban J connectivity index is 1.67. The summed E-state index contributed by atoms with van der Waals surface area (Å²) in [4.78, 5) is 18.4. The van der Waals surface area contributed by atoms with E-state index in [1.54, 1.807) is 7.11 Å². The first-order valence-electron chi connectivity index (χ1n) is 8.79. The summed E-state index contributed by atoms with van der Waals surface area (Å²) in [6.07, 6.45) is 2.40. The Morgan fingerprint density at radius 3 is 2.80 bits per heavy atom. The molecule has 0 radical (unpaired) electrons. The van der Waals surface area contributed by atoms with Gasteiger partial charge in [0.2, 0.25) is 5.91 Å². The molecule has 1 amide bonds. The van der Waals surface area contributed by atoms with Crippen LogP contribution in [-0.4, -0.2) is 56.1 Å². The zero-order valence-electron chi connectivity index (χ0n) is 15.1. The molecule has 0 aromatic heterocycles. The van der Waals surface area contributed by atoms with Crippen LogP contribution in [0, 0.1) is 0 Å². The van der Waals surface area contributed by atoms with Crippen LogP contribution < -0.4 is 21.1 Å². The fourth-order valence-corrected chi connectivity index (χ4v) is 2.98. The van der Waals surface area contributed by atoms with E-state index in [1.807, 2.05) is 24.3 Å². The maximum absolute atomic E-state index is 11.9. The first kappa shape index (κ1) is 19.1. The first-order chi connectivity index (χ1) is 12.1. The number of nitrogens with two attached hydrogens (primary N) is 1. The predicted molar refractivity (Wildman–Crippen MR) is 99.6 cm³/mol. The molecule has 1 unspecified atom stereocenters. The van der Waals surface area contributed by atoms with Gasteiger partial charge in [-0.1, -0.05) is 19.1 Å². The van der Waals surface area contributed by atoms with Crippen molar-refractivity contribution in [2.75, 3.05) is 33.3 Å². The van der Waals surface area contributed by atoms with E-state index in [4.69, 9.17) is 10.5 Å². The summed E-state index contributed by atoms with van der Waals surface area (Å²) >= 11 is 0. The number of benzene rings is 1. The predicted octanol–water partition coefficient (Wildman–Crippen LogP) is 0.700. The minimum atomic E-state index is -0.156. The van der Waals surface area contributed by atoms with Gasteiger partial charge in [0.1, 0.15) is 12.3 Å². The molecule has 7 nitrogen and oxygen atoms in total. The Bertz CT molecular complexity index is 573. The number of aliphatic imine (C=N–C) groups is 1. The lowest BCUT2D eigenvalue weighted by atomic mass is 10.2. The molecule has 2 rings (SSSR count). The summed E-state index contributed by atoms with van der Waals surface area (Å²) in [5, 5.41) is 5.95. The smallest absolute Gasteiger partial charge is 0.242 e. The second-order valence-electron chi connectivity index (χ2n) is 6.13. The number of likely N-dealkylation sites (N-methyl/N-ethyl adjacent to an activating group) is 1. The molecular weight excluding hydrogens is 318 g/mol. The normalized spacial score (nSPS) is 18.2. The van der Waals surface area contributed by atoms with Gasteiger partial charge >= 0.3 is 0 Å². The van der Waals surface area contributed by atoms with E-state index in [2.05, 4.69) is 27.4 Å². The van der Waals surface area contributed by atoms with Crippen LogP contribution in [0.15, 0.2) is 29.3 Å². The van der Waals surface area contributed by atoms with Crippen LogP contribution in [-0.2, 0) is 11.3 Å².